The van der Waals surface area contributed by atoms with Gasteiger partial charge in [0, 0.05) is 49.8 Å². The van der Waals surface area contributed by atoms with Crippen molar-refractivity contribution >= 4 is 11.7 Å². The molecule has 0 radical (unpaired) electrons. The first kappa shape index (κ1) is 17.7. The van der Waals surface area contributed by atoms with Crippen molar-refractivity contribution in [3.8, 4) is 0 Å². The zero-order valence-electron chi connectivity index (χ0n) is 16.3. The highest BCUT2D eigenvalue weighted by molar-refractivity contribution is 5.83. The van der Waals surface area contributed by atoms with Gasteiger partial charge in [-0.1, -0.05) is 13.8 Å². The van der Waals surface area contributed by atoms with Gasteiger partial charge in [-0.2, -0.15) is 0 Å². The quantitative estimate of drug-likeness (QED) is 0.896. The minimum Gasteiger partial charge on any atom is -0.353 e. The van der Waals surface area contributed by atoms with Crippen LogP contribution in [0.25, 0.3) is 0 Å². The van der Waals surface area contributed by atoms with Gasteiger partial charge in [0.25, 0.3) is 0 Å². The average Bonchev–Trinajstić information content (AvgIpc) is 3.34. The smallest absolute Gasteiger partial charge is 0.226 e. The zero-order valence-corrected chi connectivity index (χ0v) is 16.3. The molecule has 2 aliphatic heterocycles. The normalized spacial score (nSPS) is 25.0. The molecule has 1 aromatic rings. The second-order valence-corrected chi connectivity index (χ2v) is 8.56. The molecule has 1 atom stereocenters. The van der Waals surface area contributed by atoms with Gasteiger partial charge >= 0.3 is 0 Å². The third kappa shape index (κ3) is 3.31. The van der Waals surface area contributed by atoms with Crippen molar-refractivity contribution in [1.29, 1.82) is 0 Å². The van der Waals surface area contributed by atoms with Gasteiger partial charge < -0.3 is 15.1 Å². The molecule has 1 amide bonds. The lowest BCUT2D eigenvalue weighted by molar-refractivity contribution is -0.133. The van der Waals surface area contributed by atoms with Crippen LogP contribution in [-0.2, 0) is 4.79 Å². The predicted octanol–water partition coefficient (Wildman–Crippen LogP) is 1.95. The molecule has 1 aromatic heterocycles. The van der Waals surface area contributed by atoms with Crippen molar-refractivity contribution < 1.29 is 4.79 Å². The fourth-order valence-electron chi connectivity index (χ4n) is 4.55. The lowest BCUT2D eigenvalue weighted by Crippen LogP contribution is -2.50. The Kier molecular flexibility index (Phi) is 4.63. The van der Waals surface area contributed by atoms with Crippen molar-refractivity contribution in [2.45, 2.75) is 46.0 Å². The van der Waals surface area contributed by atoms with Gasteiger partial charge in [0.2, 0.25) is 5.91 Å². The van der Waals surface area contributed by atoms with E-state index in [0.29, 0.717) is 17.2 Å². The van der Waals surface area contributed by atoms with E-state index in [-0.39, 0.29) is 5.92 Å². The summed E-state index contributed by atoms with van der Waals surface area (Å²) in [5, 5.41) is 3.42. The van der Waals surface area contributed by atoms with E-state index in [9.17, 15) is 4.79 Å². The van der Waals surface area contributed by atoms with Crippen molar-refractivity contribution in [3.63, 3.8) is 0 Å². The number of nitrogens with zero attached hydrogens (tertiary/aromatic N) is 4. The Balaban J connectivity index is 1.37. The molecule has 1 N–H and O–H groups in total. The van der Waals surface area contributed by atoms with Crippen LogP contribution >= 0.6 is 0 Å². The van der Waals surface area contributed by atoms with Crippen LogP contribution in [0.2, 0.25) is 0 Å². The number of piperazine rings is 1. The molecule has 1 unspecified atom stereocenters. The molecular formula is C20H31N5O. The van der Waals surface area contributed by atoms with E-state index in [0.717, 1.165) is 63.0 Å². The van der Waals surface area contributed by atoms with Crippen LogP contribution in [0.3, 0.4) is 0 Å². The maximum absolute atomic E-state index is 12.9. The first-order valence-corrected chi connectivity index (χ1v) is 10.1. The number of hydrogen-bond donors (Lipinski definition) is 1. The summed E-state index contributed by atoms with van der Waals surface area (Å²) in [5.41, 5.74) is 1.35. The number of nitrogens with one attached hydrogen (secondary N) is 1. The lowest BCUT2D eigenvalue weighted by Gasteiger charge is -2.36. The summed E-state index contributed by atoms with van der Waals surface area (Å²) in [4.78, 5) is 26.6. The Hall–Kier alpha value is -1.69. The third-order valence-corrected chi connectivity index (χ3v) is 6.38. The Morgan fingerprint density at radius 1 is 1.19 bits per heavy atom. The number of carbonyl (C=O) groups is 1. The zero-order chi connectivity index (χ0) is 18.3. The van der Waals surface area contributed by atoms with Crippen LogP contribution in [0.5, 0.6) is 0 Å². The fourth-order valence-corrected chi connectivity index (χ4v) is 4.55. The predicted molar refractivity (Wildman–Crippen MR) is 102 cm³/mol. The molecule has 0 aromatic carbocycles. The molecule has 6 nitrogen and oxygen atoms in total. The van der Waals surface area contributed by atoms with E-state index < -0.39 is 0 Å². The summed E-state index contributed by atoms with van der Waals surface area (Å²) in [6.07, 6.45) is 3.44. The van der Waals surface area contributed by atoms with E-state index in [2.05, 4.69) is 40.0 Å². The highest BCUT2D eigenvalue weighted by atomic mass is 16.2. The van der Waals surface area contributed by atoms with Gasteiger partial charge in [-0.25, -0.2) is 9.97 Å². The van der Waals surface area contributed by atoms with E-state index in [1.165, 1.54) is 12.8 Å². The molecule has 1 saturated carbocycles. The van der Waals surface area contributed by atoms with Crippen LogP contribution in [0, 0.1) is 18.3 Å². The maximum Gasteiger partial charge on any atom is 0.226 e. The largest absolute Gasteiger partial charge is 0.353 e. The Morgan fingerprint density at radius 3 is 2.54 bits per heavy atom. The monoisotopic (exact) mass is 357 g/mol. The Bertz CT molecular complexity index is 675. The average molecular weight is 358 g/mol. The van der Waals surface area contributed by atoms with E-state index in [1.54, 1.807) is 0 Å². The number of aromatic nitrogens is 2. The number of carbonyl (C=O) groups excluding carboxylic acids is 1. The Morgan fingerprint density at radius 2 is 1.88 bits per heavy atom. The summed E-state index contributed by atoms with van der Waals surface area (Å²) < 4.78 is 0. The maximum atomic E-state index is 12.9. The number of rotatable bonds is 3. The molecule has 142 valence electrons. The minimum absolute atomic E-state index is 0.282. The van der Waals surface area contributed by atoms with Crippen LogP contribution in [0.15, 0.2) is 6.07 Å². The minimum atomic E-state index is 0.282. The standard InChI is InChI=1S/C20H31N5O/c1-14(2)18-22-15(3)12-17(23-18)24-8-10-25(11-9-24)19(26)16-13-20(16)4-6-21-7-5-20/h12,14,16,21H,4-11,13H2,1-3H3. The van der Waals surface area contributed by atoms with E-state index in [4.69, 9.17) is 4.98 Å². The van der Waals surface area contributed by atoms with Crippen molar-refractivity contribution in [2.75, 3.05) is 44.2 Å². The van der Waals surface area contributed by atoms with E-state index in [1.807, 2.05) is 6.92 Å². The first-order chi connectivity index (χ1) is 12.5. The summed E-state index contributed by atoms with van der Waals surface area (Å²) in [7, 11) is 0. The number of piperidine rings is 1. The molecule has 4 rings (SSSR count). The van der Waals surface area contributed by atoms with Crippen LogP contribution in [-0.4, -0.2) is 60.0 Å². The molecule has 1 spiro atoms. The number of amides is 1. The van der Waals surface area contributed by atoms with Gasteiger partial charge in [-0.05, 0) is 44.7 Å². The second kappa shape index (κ2) is 6.80. The van der Waals surface area contributed by atoms with Gasteiger partial charge in [0.05, 0.1) is 0 Å². The van der Waals surface area contributed by atoms with Crippen molar-refractivity contribution in [3.05, 3.63) is 17.6 Å². The Labute approximate surface area is 156 Å². The topological polar surface area (TPSA) is 61.4 Å². The lowest BCUT2D eigenvalue weighted by atomic mass is 9.91. The van der Waals surface area contributed by atoms with Crippen LogP contribution < -0.4 is 10.2 Å². The number of hydrogen-bond acceptors (Lipinski definition) is 5. The van der Waals surface area contributed by atoms with Crippen LogP contribution in [0.1, 0.15) is 50.5 Å². The molecular weight excluding hydrogens is 326 g/mol. The summed E-state index contributed by atoms with van der Waals surface area (Å²) in [5.74, 6) is 2.92. The highest BCUT2D eigenvalue weighted by Gasteiger charge is 2.58. The fraction of sp³-hybridized carbons (Fsp3) is 0.750. The molecule has 1 aliphatic carbocycles. The molecule has 6 heteroatoms. The number of aryl methyl sites for hydroxylation is 1. The summed E-state index contributed by atoms with van der Waals surface area (Å²) in [6, 6.07) is 2.06. The van der Waals surface area contributed by atoms with Gasteiger partial charge in [-0.3, -0.25) is 4.79 Å². The molecule has 3 heterocycles. The van der Waals surface area contributed by atoms with Gasteiger partial charge in [0.1, 0.15) is 11.6 Å². The second-order valence-electron chi connectivity index (χ2n) is 8.56. The molecule has 2 saturated heterocycles. The molecule has 3 fully saturated rings. The molecule has 3 aliphatic rings. The van der Waals surface area contributed by atoms with Gasteiger partial charge in [-0.15, -0.1) is 0 Å². The van der Waals surface area contributed by atoms with E-state index >= 15 is 0 Å². The highest BCUT2D eigenvalue weighted by Crippen LogP contribution is 2.59. The SMILES string of the molecule is Cc1cc(N2CCN(C(=O)C3CC34CCNCC4)CC2)nc(C(C)C)n1. The van der Waals surface area contributed by atoms with Crippen molar-refractivity contribution in [1.82, 2.24) is 20.2 Å². The summed E-state index contributed by atoms with van der Waals surface area (Å²) >= 11 is 0. The summed E-state index contributed by atoms with van der Waals surface area (Å²) in [6.45, 7) is 11.8. The van der Waals surface area contributed by atoms with Gasteiger partial charge in [0.15, 0.2) is 0 Å². The molecule has 0 bridgehead atoms. The third-order valence-electron chi connectivity index (χ3n) is 6.38. The van der Waals surface area contributed by atoms with Crippen molar-refractivity contribution in [2.24, 2.45) is 11.3 Å². The molecule has 26 heavy (non-hydrogen) atoms. The first-order valence-electron chi connectivity index (χ1n) is 10.1. The van der Waals surface area contributed by atoms with Crippen LogP contribution in [0.4, 0.5) is 5.82 Å². The number of anilines is 1.